The molecule has 406 valence electrons. The number of Topliss-reactive ketones (excluding diaryl/α,β-unsaturated/α-hetero) is 1. The van der Waals surface area contributed by atoms with E-state index in [4.69, 9.17) is 10.00 Å². The van der Waals surface area contributed by atoms with E-state index in [9.17, 15) is 110 Å². The first kappa shape index (κ1) is 59.4. The minimum atomic E-state index is -6.13. The van der Waals surface area contributed by atoms with Gasteiger partial charge in [-0.15, -0.1) is 0 Å². The predicted molar refractivity (Wildman–Crippen MR) is 216 cm³/mol. The lowest BCUT2D eigenvalue weighted by atomic mass is 9.12. The zero-order chi connectivity index (χ0) is 57.4. The molecule has 1 aromatic heterocycles. The third-order valence-corrected chi connectivity index (χ3v) is 10.9. The molecule has 0 atom stereocenters. The molecule has 0 saturated carbocycles. The van der Waals surface area contributed by atoms with Crippen molar-refractivity contribution in [3.05, 3.63) is 172 Å². The highest BCUT2D eigenvalue weighted by atomic mass is 19.4. The van der Waals surface area contributed by atoms with Gasteiger partial charge >= 0.3 is 55.3 Å². The normalized spacial score (nSPS) is 13.1. The van der Waals surface area contributed by atoms with Gasteiger partial charge in [0, 0.05) is 5.56 Å². The van der Waals surface area contributed by atoms with E-state index >= 15 is 0 Å². The van der Waals surface area contributed by atoms with Crippen LogP contribution in [0, 0.1) is 11.3 Å². The van der Waals surface area contributed by atoms with E-state index in [0.717, 1.165) is 0 Å². The van der Waals surface area contributed by atoms with Crippen molar-refractivity contribution in [2.45, 2.75) is 56.0 Å². The summed E-state index contributed by atoms with van der Waals surface area (Å²) in [6.07, 6.45) is -50.1. The zero-order valence-corrected chi connectivity index (χ0v) is 36.8. The Bertz CT molecular complexity index is 2670. The van der Waals surface area contributed by atoms with Gasteiger partial charge < -0.3 is 4.74 Å². The number of benzene rings is 5. The van der Waals surface area contributed by atoms with Gasteiger partial charge in [0.05, 0.1) is 50.7 Å². The Morgan fingerprint density at radius 2 is 0.737 bits per heavy atom. The second-order valence-corrected chi connectivity index (χ2v) is 16.0. The Hall–Kier alpha value is -7.48. The first-order valence-electron chi connectivity index (χ1n) is 20.3. The number of carbonyl (C=O) groups excluding carboxylic acids is 1. The molecule has 6 rings (SSSR count). The number of nitriles is 1. The minimum absolute atomic E-state index is 0.0291. The SMILES string of the molecule is FC(F)(F)c1cc([B-](c2cc(C(F)(F)F)cc(C(F)(F)F)c2)(c2cc(C(F)(F)F)cc(C(F)(F)F)c2)c2cc(C(F)(F)F)cc(C(F)(F)F)c2)cc(C(F)(F)F)c1.N#CCOc1cncc[n+]1CC(=O)c1ccccc1. The van der Waals surface area contributed by atoms with Crippen LogP contribution >= 0.6 is 0 Å². The first-order chi connectivity index (χ1) is 34.6. The molecule has 0 aliphatic heterocycles. The molecule has 0 radical (unpaired) electrons. The van der Waals surface area contributed by atoms with E-state index in [1.807, 2.05) is 24.3 Å². The smallest absolute Gasteiger partial charge is 0.416 e. The third-order valence-electron chi connectivity index (χ3n) is 10.9. The molecule has 30 heteroatoms. The summed E-state index contributed by atoms with van der Waals surface area (Å²) in [6, 6.07) is 2.09. The number of halogens is 24. The van der Waals surface area contributed by atoms with E-state index in [2.05, 4.69) is 4.98 Å². The van der Waals surface area contributed by atoms with Gasteiger partial charge in [0.2, 0.25) is 12.3 Å². The van der Waals surface area contributed by atoms with Gasteiger partial charge in [0.25, 0.3) is 0 Å². The summed E-state index contributed by atoms with van der Waals surface area (Å²) in [7, 11) is 0. The Balaban J connectivity index is 0.000000468. The number of nitrogens with zero attached hydrogens (tertiary/aromatic N) is 3. The lowest BCUT2D eigenvalue weighted by molar-refractivity contribution is -0.688. The van der Waals surface area contributed by atoms with Gasteiger partial charge in [0.1, 0.15) is 18.4 Å². The van der Waals surface area contributed by atoms with Gasteiger partial charge in [-0.2, -0.15) is 137 Å². The molecule has 1 heterocycles. The van der Waals surface area contributed by atoms with Crippen molar-refractivity contribution in [1.29, 1.82) is 5.26 Å². The Morgan fingerprint density at radius 1 is 0.461 bits per heavy atom. The van der Waals surface area contributed by atoms with Gasteiger partial charge in [-0.05, 0) is 24.3 Å². The standard InChI is InChI=1S/C32H12BF24.C14H12N3O2/c34-25(35,36)13-1-14(26(37,38)39)6-21(5-13)33(22-7-15(27(40,41)42)2-16(8-22)28(43,44)45,23-9-17(29(46,47)48)3-18(10-23)30(49,50)51)24-11-19(31(52,53)54)4-20(12-24)32(55,56)57;15-6-9-19-14-10-16-7-8-17(14)11-13(18)12-4-2-1-3-5-12/h1-12H;1-5,7-8,10H,9,11H2/q-1;+1. The maximum absolute atomic E-state index is 14.2. The zero-order valence-electron chi connectivity index (χ0n) is 36.8. The average molecular weight is 1120 g/mol. The number of ether oxygens (including phenoxy) is 1. The van der Waals surface area contributed by atoms with Gasteiger partial charge in [-0.1, -0.05) is 78.9 Å². The second kappa shape index (κ2) is 20.9. The number of carbonyl (C=O) groups is 1. The van der Waals surface area contributed by atoms with Crippen molar-refractivity contribution in [3.63, 3.8) is 0 Å². The van der Waals surface area contributed by atoms with E-state index in [1.54, 1.807) is 29.1 Å². The Labute approximate surface area is 409 Å². The van der Waals surface area contributed by atoms with Crippen LogP contribution in [-0.2, 0) is 56.0 Å². The number of alkyl halides is 24. The van der Waals surface area contributed by atoms with Crippen LogP contribution in [0.15, 0.2) is 122 Å². The molecule has 0 aliphatic rings. The molecule has 76 heavy (non-hydrogen) atoms. The maximum atomic E-state index is 14.2. The molecule has 0 amide bonds. The molecule has 0 spiro atoms. The molecule has 0 unspecified atom stereocenters. The van der Waals surface area contributed by atoms with Crippen LogP contribution in [-0.4, -0.2) is 23.5 Å². The quantitative estimate of drug-likeness (QED) is 0.0626. The molecule has 0 N–H and O–H groups in total. The Morgan fingerprint density at radius 3 is 0.987 bits per heavy atom. The van der Waals surface area contributed by atoms with Crippen LogP contribution in [0.3, 0.4) is 0 Å². The highest BCUT2D eigenvalue weighted by Crippen LogP contribution is 2.41. The van der Waals surface area contributed by atoms with E-state index in [0.29, 0.717) is 11.4 Å². The largest absolute Gasteiger partial charge is 0.428 e. The van der Waals surface area contributed by atoms with Crippen LogP contribution in [0.5, 0.6) is 5.88 Å². The fourth-order valence-electron chi connectivity index (χ4n) is 7.67. The minimum Gasteiger partial charge on any atom is -0.428 e. The number of ketones is 1. The maximum Gasteiger partial charge on any atom is 0.416 e. The number of hydrogen-bond donors (Lipinski definition) is 0. The molecular formula is C46H24BF24N3O2. The highest BCUT2D eigenvalue weighted by molar-refractivity contribution is 7.20. The van der Waals surface area contributed by atoms with Crippen LogP contribution in [0.4, 0.5) is 105 Å². The van der Waals surface area contributed by atoms with Crippen LogP contribution in [0.25, 0.3) is 0 Å². The predicted octanol–water partition coefficient (Wildman–Crippen LogP) is 12.4. The summed E-state index contributed by atoms with van der Waals surface area (Å²) in [5.41, 5.74) is -29.6. The topological polar surface area (TPSA) is 66.9 Å². The molecule has 0 saturated heterocycles. The van der Waals surface area contributed by atoms with E-state index in [1.165, 1.54) is 6.20 Å². The van der Waals surface area contributed by atoms with Crippen molar-refractivity contribution in [3.8, 4) is 11.9 Å². The van der Waals surface area contributed by atoms with Crippen LogP contribution in [0.2, 0.25) is 0 Å². The summed E-state index contributed by atoms with van der Waals surface area (Å²) >= 11 is 0. The van der Waals surface area contributed by atoms with E-state index in [-0.39, 0.29) is 18.9 Å². The molecule has 0 bridgehead atoms. The van der Waals surface area contributed by atoms with Crippen molar-refractivity contribution in [2.24, 2.45) is 0 Å². The summed E-state index contributed by atoms with van der Waals surface area (Å²) < 4.78 is 348. The Kier molecular flexibility index (Phi) is 16.3. The molecular weight excluding hydrogens is 1090 g/mol. The molecule has 5 nitrogen and oxygen atoms in total. The van der Waals surface area contributed by atoms with Crippen molar-refractivity contribution in [1.82, 2.24) is 4.98 Å². The number of aromatic nitrogens is 2. The van der Waals surface area contributed by atoms with Gasteiger partial charge in [-0.3, -0.25) is 4.79 Å². The van der Waals surface area contributed by atoms with Crippen molar-refractivity contribution < 1.29 is 119 Å². The molecule has 6 aromatic rings. The number of rotatable bonds is 9. The fourth-order valence-corrected chi connectivity index (χ4v) is 7.67. The lowest BCUT2D eigenvalue weighted by Crippen LogP contribution is -2.75. The van der Waals surface area contributed by atoms with Crippen LogP contribution in [0.1, 0.15) is 54.9 Å². The van der Waals surface area contributed by atoms with Gasteiger partial charge in [0.15, 0.2) is 12.8 Å². The second-order valence-electron chi connectivity index (χ2n) is 16.0. The molecule has 5 aromatic carbocycles. The number of hydrogen-bond acceptors (Lipinski definition) is 4. The summed E-state index contributed by atoms with van der Waals surface area (Å²) in [5, 5.41) is 8.51. The fraction of sp³-hybridized carbons (Fsp3) is 0.217. The third kappa shape index (κ3) is 13.9. The highest BCUT2D eigenvalue weighted by Gasteiger charge is 2.47. The van der Waals surface area contributed by atoms with Crippen molar-refractivity contribution >= 4 is 33.8 Å². The molecule has 0 fully saturated rings. The van der Waals surface area contributed by atoms with E-state index < -0.39 is 195 Å². The summed E-state index contributed by atoms with van der Waals surface area (Å²) in [4.78, 5) is 16.0. The van der Waals surface area contributed by atoms with Crippen molar-refractivity contribution in [2.75, 3.05) is 6.61 Å². The van der Waals surface area contributed by atoms with Gasteiger partial charge in [-0.25, -0.2) is 4.98 Å². The first-order valence-corrected chi connectivity index (χ1v) is 20.3. The molecule has 0 aliphatic carbocycles. The lowest BCUT2D eigenvalue weighted by Gasteiger charge is -2.46. The monoisotopic (exact) mass is 1120 g/mol. The van der Waals surface area contributed by atoms with Crippen LogP contribution < -0.4 is 31.2 Å². The summed E-state index contributed by atoms with van der Waals surface area (Å²) in [5.74, 6) is 0.368. The summed E-state index contributed by atoms with van der Waals surface area (Å²) in [6.45, 7) is 0.0680. The average Bonchev–Trinajstić information content (AvgIpc) is 3.29.